The van der Waals surface area contributed by atoms with Gasteiger partial charge in [-0.25, -0.2) is 0 Å². The lowest BCUT2D eigenvalue weighted by Crippen LogP contribution is -2.29. The fourth-order valence-corrected chi connectivity index (χ4v) is 8.09. The molecule has 2 heterocycles. The Balaban J connectivity index is 1.67. The summed E-state index contributed by atoms with van der Waals surface area (Å²) in [4.78, 5) is 13.2. The van der Waals surface area contributed by atoms with Gasteiger partial charge in [0.1, 0.15) is 6.54 Å². The lowest BCUT2D eigenvalue weighted by Gasteiger charge is -2.30. The van der Waals surface area contributed by atoms with Gasteiger partial charge in [-0.3, -0.25) is 13.9 Å². The second-order valence-corrected chi connectivity index (χ2v) is 16.6. The average Bonchev–Trinajstić information content (AvgIpc) is 3.38. The zero-order chi connectivity index (χ0) is 36.0. The van der Waals surface area contributed by atoms with E-state index in [4.69, 9.17) is 5.11 Å². The van der Waals surface area contributed by atoms with Crippen LogP contribution in [-0.4, -0.2) is 66.1 Å². The van der Waals surface area contributed by atoms with Crippen molar-refractivity contribution in [2.45, 2.75) is 94.8 Å². The van der Waals surface area contributed by atoms with Gasteiger partial charge >= 0.3 is 5.97 Å². The summed E-state index contributed by atoms with van der Waals surface area (Å²) in [6.45, 7) is 9.47. The number of carboxylic acid groups (broad SMARTS) is 1. The smallest absolute Gasteiger partial charge is 0.303 e. The number of anilines is 1. The van der Waals surface area contributed by atoms with E-state index in [-0.39, 0.29) is 29.7 Å². The van der Waals surface area contributed by atoms with E-state index < -0.39 is 37.4 Å². The molecule has 0 aliphatic carbocycles. The average molecular weight is 714 g/mol. The van der Waals surface area contributed by atoms with Gasteiger partial charge in [-0.2, -0.15) is 21.4 Å². The molecule has 2 aliphatic rings. The molecule has 0 fully saturated rings. The number of aliphatic carboxylic acids is 1. The number of hydrogen-bond donors (Lipinski definition) is 3. The quantitative estimate of drug-likeness (QED) is 0.0669. The van der Waals surface area contributed by atoms with E-state index in [1.54, 1.807) is 6.07 Å². The number of nitrogens with zero attached hydrogens (tertiary/aromatic N) is 2. The first kappa shape index (κ1) is 38.2. The molecule has 1 atom stereocenters. The largest absolute Gasteiger partial charge is 0.481 e. The minimum absolute atomic E-state index is 0.150. The molecular weight excluding hydrogens is 665 g/mol. The molecule has 4 rings (SSSR count). The number of allylic oxidation sites excluding steroid dienone is 6. The van der Waals surface area contributed by atoms with Crippen LogP contribution < -0.4 is 4.90 Å². The molecule has 0 radical (unpaired) electrons. The Labute approximate surface area is 291 Å². The Morgan fingerprint density at radius 2 is 1.63 bits per heavy atom. The van der Waals surface area contributed by atoms with Crippen LogP contribution in [0.2, 0.25) is 0 Å². The monoisotopic (exact) mass is 713 g/mol. The molecule has 0 amide bonds. The van der Waals surface area contributed by atoms with Crippen LogP contribution in [0.25, 0.3) is 0 Å². The molecule has 0 saturated carbocycles. The lowest BCUT2D eigenvalue weighted by atomic mass is 9.77. The van der Waals surface area contributed by atoms with Gasteiger partial charge in [0.05, 0.1) is 16.1 Å². The number of carbonyl (C=O) groups is 1. The van der Waals surface area contributed by atoms with E-state index in [0.29, 0.717) is 17.7 Å². The first-order valence-electron chi connectivity index (χ1n) is 16.9. The number of para-hydroxylation sites is 1. The summed E-state index contributed by atoms with van der Waals surface area (Å²) in [7, 11) is -8.60. The number of carboxylic acids is 1. The molecule has 0 saturated heterocycles. The van der Waals surface area contributed by atoms with E-state index in [2.05, 4.69) is 49.1 Å². The Bertz CT molecular complexity index is 1890. The Hall–Kier alpha value is -3.58. The topological polar surface area (TPSA) is 152 Å². The third-order valence-electron chi connectivity index (χ3n) is 9.62. The highest BCUT2D eigenvalue weighted by Gasteiger charge is 2.45. The maximum atomic E-state index is 11.9. The number of unbranched alkanes of at least 4 members (excludes halogenated alkanes) is 3. The Kier molecular flexibility index (Phi) is 12.1. The predicted molar refractivity (Wildman–Crippen MR) is 193 cm³/mol. The van der Waals surface area contributed by atoms with Gasteiger partial charge in [0.15, 0.2) is 5.71 Å². The lowest BCUT2D eigenvalue weighted by molar-refractivity contribution is -0.437. The van der Waals surface area contributed by atoms with Gasteiger partial charge in [-0.15, -0.1) is 0 Å². The van der Waals surface area contributed by atoms with E-state index in [1.165, 1.54) is 29.1 Å². The van der Waals surface area contributed by atoms with Crippen molar-refractivity contribution in [2.24, 2.45) is 0 Å². The molecule has 2 aliphatic heterocycles. The van der Waals surface area contributed by atoms with Crippen molar-refractivity contribution in [3.63, 3.8) is 0 Å². The molecule has 0 spiro atoms. The number of rotatable bonds is 17. The summed E-state index contributed by atoms with van der Waals surface area (Å²) in [6, 6.07) is 12.9. The van der Waals surface area contributed by atoms with Crippen molar-refractivity contribution in [2.75, 3.05) is 23.7 Å². The molecule has 1 unspecified atom stereocenters. The molecule has 3 N–H and O–H groups in total. The minimum Gasteiger partial charge on any atom is -0.481 e. The van der Waals surface area contributed by atoms with Gasteiger partial charge in [0.2, 0.25) is 5.69 Å². The molecule has 49 heavy (non-hydrogen) atoms. The fourth-order valence-electron chi connectivity index (χ4n) is 7.09. The molecule has 0 aromatic heterocycles. The summed E-state index contributed by atoms with van der Waals surface area (Å²) in [6.07, 6.45) is 15.6. The van der Waals surface area contributed by atoms with Crippen molar-refractivity contribution in [3.05, 3.63) is 89.7 Å². The van der Waals surface area contributed by atoms with Crippen LogP contribution in [0.3, 0.4) is 0 Å². The third kappa shape index (κ3) is 8.97. The second-order valence-electron chi connectivity index (χ2n) is 13.6. The van der Waals surface area contributed by atoms with Crippen molar-refractivity contribution in [1.29, 1.82) is 0 Å². The van der Waals surface area contributed by atoms with Gasteiger partial charge in [0.25, 0.3) is 20.2 Å². The molecule has 10 nitrogen and oxygen atoms in total. The molecule has 2 aromatic rings. The van der Waals surface area contributed by atoms with Crippen molar-refractivity contribution >= 4 is 43.3 Å². The second kappa shape index (κ2) is 15.5. The van der Waals surface area contributed by atoms with Gasteiger partial charge in [0, 0.05) is 53.9 Å². The third-order valence-corrected chi connectivity index (χ3v) is 11.3. The first-order chi connectivity index (χ1) is 23.0. The minimum atomic E-state index is -4.43. The van der Waals surface area contributed by atoms with Crippen LogP contribution >= 0.6 is 0 Å². The van der Waals surface area contributed by atoms with Crippen LogP contribution in [-0.2, 0) is 35.9 Å². The molecular formula is C37H49N2O8S2+. The van der Waals surface area contributed by atoms with Gasteiger partial charge in [-0.05, 0) is 69.9 Å². The van der Waals surface area contributed by atoms with Crippen LogP contribution in [0.4, 0.5) is 11.4 Å². The maximum Gasteiger partial charge on any atom is 0.303 e. The fraction of sp³-hybridized carbons (Fsp3) is 0.459. The molecule has 0 bridgehead atoms. The van der Waals surface area contributed by atoms with Crippen LogP contribution in [0.15, 0.2) is 83.4 Å². The van der Waals surface area contributed by atoms with E-state index in [0.717, 1.165) is 44.4 Å². The Morgan fingerprint density at radius 1 is 0.898 bits per heavy atom. The number of fused-ring (bicyclic) bond motifs is 2. The summed E-state index contributed by atoms with van der Waals surface area (Å²) in [5, 5.41) is 9.08. The van der Waals surface area contributed by atoms with E-state index in [1.807, 2.05) is 42.7 Å². The number of hydrogen-bond acceptors (Lipinski definition) is 6. The highest BCUT2D eigenvalue weighted by Crippen LogP contribution is 2.50. The van der Waals surface area contributed by atoms with Crippen LogP contribution in [0.5, 0.6) is 0 Å². The highest BCUT2D eigenvalue weighted by molar-refractivity contribution is 7.86. The molecule has 12 heteroatoms. The first-order valence-corrected chi connectivity index (χ1v) is 19.9. The molecule has 266 valence electrons. The highest BCUT2D eigenvalue weighted by atomic mass is 32.2. The van der Waals surface area contributed by atoms with Crippen molar-refractivity contribution in [3.8, 4) is 0 Å². The van der Waals surface area contributed by atoms with Crippen LogP contribution in [0.1, 0.15) is 90.2 Å². The van der Waals surface area contributed by atoms with E-state index >= 15 is 0 Å². The van der Waals surface area contributed by atoms with Gasteiger partial charge in [-0.1, -0.05) is 62.6 Å². The normalized spacial score (nSPS) is 19.8. The van der Waals surface area contributed by atoms with Crippen LogP contribution in [0, 0.1) is 0 Å². The summed E-state index contributed by atoms with van der Waals surface area (Å²) in [5.41, 5.74) is 4.92. The van der Waals surface area contributed by atoms with Crippen molar-refractivity contribution < 1.29 is 40.4 Å². The summed E-state index contributed by atoms with van der Waals surface area (Å²) in [5.74, 6) is -1.18. The van der Waals surface area contributed by atoms with E-state index in [9.17, 15) is 30.7 Å². The summed E-state index contributed by atoms with van der Waals surface area (Å²) < 4.78 is 67.8. The zero-order valence-corrected chi connectivity index (χ0v) is 30.4. The maximum absolute atomic E-state index is 11.9. The zero-order valence-electron chi connectivity index (χ0n) is 28.8. The predicted octanol–water partition coefficient (Wildman–Crippen LogP) is 7.20. The van der Waals surface area contributed by atoms with Crippen molar-refractivity contribution in [1.82, 2.24) is 0 Å². The summed E-state index contributed by atoms with van der Waals surface area (Å²) >= 11 is 0. The SMILES string of the molecule is CCCCN1C(=CC=CC=CC2=[N+](CCCS(=O)(=O)O)c3ccc(S(=O)(=O)O)cc3C2(C)C)C(C)(CCCCCC(=O)O)c2ccccc21. The van der Waals surface area contributed by atoms with Gasteiger partial charge < -0.3 is 10.0 Å². The standard InChI is InChI=1S/C37H48N2O8S2/c1-5-6-24-39-31-17-13-12-16-29(31)37(4,23-14-8-11-20-35(40)41)34(39)19-10-7-9-18-33-36(2,3)30-27-28(49(45,46)47)21-22-32(30)38(33)25-15-26-48(42,43)44/h7,9-10,12-13,16-19,21-22,27H,5-6,8,11,14-15,20,23-26H2,1-4H3,(H2-,40,41,42,43,44,45,46,47)/p+1. The Morgan fingerprint density at radius 3 is 2.31 bits per heavy atom. The molecule has 2 aromatic carbocycles. The number of benzene rings is 2.